The molecule has 0 radical (unpaired) electrons. The van der Waals surface area contributed by atoms with Gasteiger partial charge in [-0.3, -0.25) is 9.59 Å². The first kappa shape index (κ1) is 42.9. The molecule has 3 atom stereocenters. The monoisotopic (exact) mass is 673 g/mol. The van der Waals surface area contributed by atoms with Crippen LogP contribution in [0.15, 0.2) is 97.2 Å². The number of ether oxygens (including phenoxy) is 1. The summed E-state index contributed by atoms with van der Waals surface area (Å²) in [6.45, 7) is 22.7. The van der Waals surface area contributed by atoms with Crippen molar-refractivity contribution in [3.8, 4) is 0 Å². The van der Waals surface area contributed by atoms with Gasteiger partial charge in [-0.1, -0.05) is 133 Å². The Hall–Kier alpha value is -4.13. The maximum atomic E-state index is 12.4. The first-order valence-electron chi connectivity index (χ1n) is 17.8. The molecule has 2 amide bonds. The maximum absolute atomic E-state index is 12.4. The summed E-state index contributed by atoms with van der Waals surface area (Å²) in [4.78, 5) is 37.0. The van der Waals surface area contributed by atoms with Gasteiger partial charge in [0.2, 0.25) is 5.91 Å². The number of rotatable bonds is 18. The first-order valence-corrected chi connectivity index (χ1v) is 17.8. The van der Waals surface area contributed by atoms with Gasteiger partial charge in [0.15, 0.2) is 5.78 Å². The summed E-state index contributed by atoms with van der Waals surface area (Å²) < 4.78 is 5.34. The molecule has 3 N–H and O–H groups in total. The Labute approximate surface area is 297 Å². The van der Waals surface area contributed by atoms with Crippen LogP contribution in [0.1, 0.15) is 105 Å². The molecule has 7 heteroatoms. The van der Waals surface area contributed by atoms with Crippen molar-refractivity contribution in [1.82, 2.24) is 16.0 Å². The molecule has 0 aromatic heterocycles. The van der Waals surface area contributed by atoms with E-state index in [9.17, 15) is 14.4 Å². The van der Waals surface area contributed by atoms with Gasteiger partial charge in [0.05, 0.1) is 0 Å². The minimum Gasteiger partial charge on any atom is -0.444 e. The zero-order chi connectivity index (χ0) is 36.8. The fourth-order valence-corrected chi connectivity index (χ4v) is 5.21. The van der Waals surface area contributed by atoms with Gasteiger partial charge >= 0.3 is 6.09 Å². The second-order valence-corrected chi connectivity index (χ2v) is 13.9. The highest BCUT2D eigenvalue weighted by Crippen LogP contribution is 2.29. The number of hydrogen-bond acceptors (Lipinski definition) is 5. The molecular formula is C42H63N3O4. The normalized spacial score (nSPS) is 13.6. The number of carbonyl (C=O) groups excluding carboxylic acids is 3. The number of Topliss-reactive ketones (excluding diaryl/α,β-unsaturated/α-hetero) is 1. The molecule has 2 unspecified atom stereocenters. The quantitative estimate of drug-likeness (QED) is 0.108. The molecule has 0 aliphatic carbocycles. The number of hydrogen-bond donors (Lipinski definition) is 3. The minimum atomic E-state index is -0.709. The van der Waals surface area contributed by atoms with E-state index in [1.807, 2.05) is 78.9 Å². The molecule has 0 heterocycles. The Bertz CT molecular complexity index is 1270. The Kier molecular flexibility index (Phi) is 20.4. The highest BCUT2D eigenvalue weighted by Gasteiger charge is 2.31. The van der Waals surface area contributed by atoms with E-state index in [1.165, 1.54) is 6.92 Å². The highest BCUT2D eigenvalue weighted by molar-refractivity contribution is 5.87. The highest BCUT2D eigenvalue weighted by atomic mass is 16.6. The SMILES string of the molecule is C=CCNC(=C\C(C)CC)/C=C/CNC(=O)C(CCCC)C(C)C.CC(=O)[C@H](NC(=O)OC(C)(C)C)C(c1ccccc1)c1ccccc1. The zero-order valence-electron chi connectivity index (χ0n) is 31.6. The molecule has 0 bridgehead atoms. The van der Waals surface area contributed by atoms with Gasteiger partial charge in [0, 0.05) is 30.6 Å². The van der Waals surface area contributed by atoms with Gasteiger partial charge in [0.25, 0.3) is 0 Å². The van der Waals surface area contributed by atoms with Gasteiger partial charge in [0.1, 0.15) is 11.6 Å². The molecule has 270 valence electrons. The van der Waals surface area contributed by atoms with Crippen molar-refractivity contribution >= 4 is 17.8 Å². The fraction of sp³-hybridized carbons (Fsp3) is 0.500. The average Bonchev–Trinajstić information content (AvgIpc) is 3.05. The van der Waals surface area contributed by atoms with Crippen LogP contribution >= 0.6 is 0 Å². The van der Waals surface area contributed by atoms with Crippen LogP contribution < -0.4 is 16.0 Å². The number of unbranched alkanes of at least 4 members (excludes halogenated alkanes) is 1. The van der Waals surface area contributed by atoms with Gasteiger partial charge in [-0.2, -0.15) is 0 Å². The summed E-state index contributed by atoms with van der Waals surface area (Å²) >= 11 is 0. The third kappa shape index (κ3) is 17.7. The second-order valence-electron chi connectivity index (χ2n) is 13.9. The van der Waals surface area contributed by atoms with E-state index in [0.29, 0.717) is 18.4 Å². The molecule has 0 fully saturated rings. The maximum Gasteiger partial charge on any atom is 0.408 e. The molecule has 2 rings (SSSR count). The third-order valence-corrected chi connectivity index (χ3v) is 8.02. The molecule has 0 spiro atoms. The van der Waals surface area contributed by atoms with E-state index >= 15 is 0 Å². The Balaban J connectivity index is 0.000000491. The van der Waals surface area contributed by atoms with Crippen LogP contribution in [0.25, 0.3) is 0 Å². The fourth-order valence-electron chi connectivity index (χ4n) is 5.21. The lowest BCUT2D eigenvalue weighted by Crippen LogP contribution is -2.46. The molecule has 49 heavy (non-hydrogen) atoms. The van der Waals surface area contributed by atoms with Crippen molar-refractivity contribution in [1.29, 1.82) is 0 Å². The number of alkyl carbamates (subject to hydrolysis) is 1. The van der Waals surface area contributed by atoms with Crippen LogP contribution in [-0.2, 0) is 14.3 Å². The van der Waals surface area contributed by atoms with Crippen LogP contribution in [0, 0.1) is 17.8 Å². The van der Waals surface area contributed by atoms with Crippen LogP contribution in [0.4, 0.5) is 4.79 Å². The predicted octanol–water partition coefficient (Wildman–Crippen LogP) is 9.13. The van der Waals surface area contributed by atoms with E-state index in [4.69, 9.17) is 4.74 Å². The molecule has 2 aromatic rings. The lowest BCUT2D eigenvalue weighted by atomic mass is 9.83. The number of allylic oxidation sites excluding steroid dienone is 2. The van der Waals surface area contributed by atoms with Crippen molar-refractivity contribution in [3.63, 3.8) is 0 Å². The summed E-state index contributed by atoms with van der Waals surface area (Å²) in [5.41, 5.74) is 2.39. The van der Waals surface area contributed by atoms with E-state index < -0.39 is 17.7 Å². The largest absolute Gasteiger partial charge is 0.444 e. The number of ketones is 1. The zero-order valence-corrected chi connectivity index (χ0v) is 31.6. The molecule has 7 nitrogen and oxygen atoms in total. The predicted molar refractivity (Wildman–Crippen MR) is 204 cm³/mol. The molecule has 0 aliphatic rings. The Morgan fingerprint density at radius 2 is 1.45 bits per heavy atom. The Morgan fingerprint density at radius 3 is 1.90 bits per heavy atom. The van der Waals surface area contributed by atoms with E-state index in [2.05, 4.69) is 63.2 Å². The van der Waals surface area contributed by atoms with E-state index in [-0.39, 0.29) is 23.5 Å². The van der Waals surface area contributed by atoms with Gasteiger partial charge < -0.3 is 20.7 Å². The summed E-state index contributed by atoms with van der Waals surface area (Å²) in [5, 5.41) is 9.15. The van der Waals surface area contributed by atoms with Gasteiger partial charge in [-0.15, -0.1) is 6.58 Å². The lowest BCUT2D eigenvalue weighted by molar-refractivity contribution is -0.126. The number of amides is 2. The van der Waals surface area contributed by atoms with Crippen LogP contribution in [0.3, 0.4) is 0 Å². The van der Waals surface area contributed by atoms with Crippen molar-refractivity contribution in [2.75, 3.05) is 13.1 Å². The van der Waals surface area contributed by atoms with Crippen LogP contribution in [0.5, 0.6) is 0 Å². The lowest BCUT2D eigenvalue weighted by Gasteiger charge is -2.28. The Morgan fingerprint density at radius 1 is 0.878 bits per heavy atom. The van der Waals surface area contributed by atoms with Crippen molar-refractivity contribution < 1.29 is 19.1 Å². The van der Waals surface area contributed by atoms with Crippen LogP contribution in [-0.4, -0.2) is 42.5 Å². The average molecular weight is 674 g/mol. The van der Waals surface area contributed by atoms with Gasteiger partial charge in [-0.05, 0) is 63.2 Å². The van der Waals surface area contributed by atoms with Crippen molar-refractivity contribution in [2.45, 2.75) is 106 Å². The van der Waals surface area contributed by atoms with Crippen LogP contribution in [0.2, 0.25) is 0 Å². The van der Waals surface area contributed by atoms with E-state index in [1.54, 1.807) is 20.8 Å². The minimum absolute atomic E-state index is 0.118. The van der Waals surface area contributed by atoms with Gasteiger partial charge in [-0.25, -0.2) is 4.79 Å². The number of benzene rings is 2. The number of nitrogens with one attached hydrogen (secondary N) is 3. The summed E-state index contributed by atoms with van der Waals surface area (Å²) in [6.07, 6.45) is 11.9. The summed E-state index contributed by atoms with van der Waals surface area (Å²) in [6, 6.07) is 18.7. The summed E-state index contributed by atoms with van der Waals surface area (Å²) in [7, 11) is 0. The first-order chi connectivity index (χ1) is 23.2. The summed E-state index contributed by atoms with van der Waals surface area (Å²) in [5.74, 6) is 0.796. The molecule has 0 saturated carbocycles. The molecule has 0 saturated heterocycles. The van der Waals surface area contributed by atoms with Crippen molar-refractivity contribution in [3.05, 3.63) is 108 Å². The number of carbonyl (C=O) groups is 3. The topological polar surface area (TPSA) is 96.5 Å². The molecular weight excluding hydrogens is 610 g/mol. The molecule has 0 aliphatic heterocycles. The van der Waals surface area contributed by atoms with E-state index in [0.717, 1.165) is 49.1 Å². The second kappa shape index (κ2) is 23.3. The third-order valence-electron chi connectivity index (χ3n) is 8.02. The van der Waals surface area contributed by atoms with Crippen molar-refractivity contribution in [2.24, 2.45) is 17.8 Å². The standard InChI is InChI=1S/C21H38N2O.C21H25NO3/c1-7-10-13-20(17(4)5)21(24)23-15-11-12-19(22-14-8-2)16-18(6)9-3;1-15(23)19(22-20(24)25-21(2,3)4)18(16-11-7-5-8-12-16)17-13-9-6-10-14-17/h8,11-12,16-18,20,22H,2,7,9-10,13-15H2,1,3-6H3,(H,23,24);5-14,18-19H,1-4H3,(H,22,24)/b12-11+,19-16-;/t;19-/m.0/s1. The smallest absolute Gasteiger partial charge is 0.408 e. The molecule has 2 aromatic carbocycles.